The van der Waals surface area contributed by atoms with Gasteiger partial charge in [-0.15, -0.1) is 0 Å². The molecule has 0 amide bonds. The maximum absolute atomic E-state index is 12.8. The lowest BCUT2D eigenvalue weighted by Gasteiger charge is -2.26. The van der Waals surface area contributed by atoms with Crippen molar-refractivity contribution >= 4 is 38.4 Å². The number of aromatic nitrogens is 2. The second kappa shape index (κ2) is 6.05. The SMILES string of the molecule is CNc1nc2[nH]c(=O)c3c(c2s1)OC(N)=C(C#N)[C@H]3c1ccccc1Cl. The van der Waals surface area contributed by atoms with E-state index in [4.69, 9.17) is 22.1 Å². The van der Waals surface area contributed by atoms with Crippen molar-refractivity contribution in [2.75, 3.05) is 12.4 Å². The summed E-state index contributed by atoms with van der Waals surface area (Å²) >= 11 is 7.67. The third kappa shape index (κ3) is 2.33. The lowest BCUT2D eigenvalue weighted by molar-refractivity contribution is 0.397. The van der Waals surface area contributed by atoms with Crippen LogP contribution in [0.4, 0.5) is 5.13 Å². The molecule has 0 spiro atoms. The molecule has 0 bridgehead atoms. The Labute approximate surface area is 156 Å². The number of pyridine rings is 1. The van der Waals surface area contributed by atoms with Crippen molar-refractivity contribution in [1.82, 2.24) is 9.97 Å². The van der Waals surface area contributed by atoms with Crippen molar-refractivity contribution in [3.05, 3.63) is 62.2 Å². The number of nitrogens with two attached hydrogens (primary N) is 1. The van der Waals surface area contributed by atoms with Crippen molar-refractivity contribution < 1.29 is 4.74 Å². The number of rotatable bonds is 2. The minimum atomic E-state index is -0.717. The second-order valence-electron chi connectivity index (χ2n) is 5.59. The quantitative estimate of drug-likeness (QED) is 0.624. The number of anilines is 1. The maximum Gasteiger partial charge on any atom is 0.257 e. The van der Waals surface area contributed by atoms with Crippen molar-refractivity contribution in [2.24, 2.45) is 5.73 Å². The van der Waals surface area contributed by atoms with Crippen LogP contribution in [-0.2, 0) is 0 Å². The third-order valence-corrected chi connectivity index (χ3v) is 5.58. The fraction of sp³-hybridized carbons (Fsp3) is 0.118. The first-order valence-electron chi connectivity index (χ1n) is 7.61. The van der Waals surface area contributed by atoms with Crippen molar-refractivity contribution in [3.63, 3.8) is 0 Å². The number of hydrogen-bond donors (Lipinski definition) is 3. The Morgan fingerprint density at radius 2 is 2.23 bits per heavy atom. The molecule has 1 aliphatic heterocycles. The molecule has 3 aromatic rings. The zero-order valence-corrected chi connectivity index (χ0v) is 15.0. The fourth-order valence-corrected chi connectivity index (χ4v) is 4.14. The number of ether oxygens (including phenoxy) is 1. The number of nitriles is 1. The van der Waals surface area contributed by atoms with Gasteiger partial charge in [-0.05, 0) is 11.6 Å². The van der Waals surface area contributed by atoms with Gasteiger partial charge in [0.05, 0.1) is 11.5 Å². The molecule has 1 atom stereocenters. The Hall–Kier alpha value is -3.02. The van der Waals surface area contributed by atoms with Gasteiger partial charge in [0, 0.05) is 12.1 Å². The summed E-state index contributed by atoms with van der Waals surface area (Å²) in [5.41, 5.74) is 7.06. The normalized spacial score (nSPS) is 16.1. The van der Waals surface area contributed by atoms with E-state index in [9.17, 15) is 10.1 Å². The summed E-state index contributed by atoms with van der Waals surface area (Å²) in [6, 6.07) is 9.10. The highest BCUT2D eigenvalue weighted by Crippen LogP contribution is 2.46. The van der Waals surface area contributed by atoms with E-state index in [0.29, 0.717) is 37.4 Å². The summed E-state index contributed by atoms with van der Waals surface area (Å²) in [6.07, 6.45) is 0. The van der Waals surface area contributed by atoms with Gasteiger partial charge in [-0.3, -0.25) is 4.79 Å². The molecule has 9 heteroatoms. The van der Waals surface area contributed by atoms with E-state index in [0.717, 1.165) is 0 Å². The maximum atomic E-state index is 12.8. The topological polar surface area (TPSA) is 117 Å². The Bertz CT molecular complexity index is 1170. The summed E-state index contributed by atoms with van der Waals surface area (Å²) < 4.78 is 6.33. The molecule has 0 unspecified atom stereocenters. The Morgan fingerprint density at radius 1 is 1.46 bits per heavy atom. The molecule has 0 fully saturated rings. The van der Waals surface area contributed by atoms with Gasteiger partial charge in [0.2, 0.25) is 5.88 Å². The summed E-state index contributed by atoms with van der Waals surface area (Å²) in [5.74, 6) is -0.453. The molecule has 4 rings (SSSR count). The van der Waals surface area contributed by atoms with Gasteiger partial charge < -0.3 is 20.8 Å². The van der Waals surface area contributed by atoms with Gasteiger partial charge in [0.25, 0.3) is 5.56 Å². The van der Waals surface area contributed by atoms with E-state index >= 15 is 0 Å². The molecule has 0 radical (unpaired) electrons. The predicted molar refractivity (Wildman–Crippen MR) is 101 cm³/mol. The van der Waals surface area contributed by atoms with E-state index < -0.39 is 11.5 Å². The summed E-state index contributed by atoms with van der Waals surface area (Å²) in [5, 5.41) is 13.6. The monoisotopic (exact) mass is 385 g/mol. The number of aromatic amines is 1. The van der Waals surface area contributed by atoms with E-state index in [2.05, 4.69) is 21.4 Å². The van der Waals surface area contributed by atoms with Gasteiger partial charge in [-0.2, -0.15) is 5.26 Å². The largest absolute Gasteiger partial charge is 0.438 e. The fourth-order valence-electron chi connectivity index (χ4n) is 3.02. The number of hydrogen-bond acceptors (Lipinski definition) is 7. The molecule has 1 aliphatic rings. The van der Waals surface area contributed by atoms with Crippen LogP contribution in [0.2, 0.25) is 5.02 Å². The van der Waals surface area contributed by atoms with E-state index in [-0.39, 0.29) is 11.5 Å². The molecular formula is C17H12ClN5O2S. The van der Waals surface area contributed by atoms with Gasteiger partial charge in [-0.25, -0.2) is 4.98 Å². The van der Waals surface area contributed by atoms with Crippen LogP contribution in [-0.4, -0.2) is 17.0 Å². The standard InChI is InChI=1S/C17H12ClN5O2S/c1-21-17-23-15-13(26-17)12-11(16(24)22-15)10(8(6-19)14(20)25-12)7-4-2-3-5-9(7)18/h2-5,10H,20H2,1H3,(H2,21,22,23,24)/t10-/m1/s1. The highest BCUT2D eigenvalue weighted by atomic mass is 35.5. The molecule has 0 aliphatic carbocycles. The van der Waals surface area contributed by atoms with E-state index in [1.165, 1.54) is 11.3 Å². The number of benzene rings is 1. The first kappa shape index (κ1) is 16.4. The molecule has 2 aromatic heterocycles. The predicted octanol–water partition coefficient (Wildman–Crippen LogP) is 2.90. The van der Waals surface area contributed by atoms with E-state index in [1.807, 2.05) is 0 Å². The van der Waals surface area contributed by atoms with Gasteiger partial charge in [-0.1, -0.05) is 41.1 Å². The average molecular weight is 386 g/mol. The number of nitrogens with one attached hydrogen (secondary N) is 2. The number of thiazole rings is 1. The molecule has 130 valence electrons. The number of allylic oxidation sites excluding steroid dienone is 1. The average Bonchev–Trinajstić information content (AvgIpc) is 3.04. The van der Waals surface area contributed by atoms with Gasteiger partial charge in [0.1, 0.15) is 16.3 Å². The highest BCUT2D eigenvalue weighted by Gasteiger charge is 2.36. The van der Waals surface area contributed by atoms with Crippen LogP contribution in [0.5, 0.6) is 5.75 Å². The first-order valence-corrected chi connectivity index (χ1v) is 8.81. The van der Waals surface area contributed by atoms with Crippen LogP contribution < -0.4 is 21.3 Å². The zero-order chi connectivity index (χ0) is 18.4. The Kier molecular flexibility index (Phi) is 3.83. The molecule has 4 N–H and O–H groups in total. The van der Waals surface area contributed by atoms with E-state index in [1.54, 1.807) is 31.3 Å². The molecule has 0 saturated carbocycles. The van der Waals surface area contributed by atoms with Crippen LogP contribution in [0.15, 0.2) is 40.5 Å². The van der Waals surface area contributed by atoms with Crippen LogP contribution in [0, 0.1) is 11.3 Å². The summed E-state index contributed by atoms with van der Waals surface area (Å²) in [7, 11) is 1.73. The lowest BCUT2D eigenvalue weighted by atomic mass is 9.84. The third-order valence-electron chi connectivity index (χ3n) is 4.16. The number of halogens is 1. The van der Waals surface area contributed by atoms with Crippen LogP contribution in [0.25, 0.3) is 10.3 Å². The highest BCUT2D eigenvalue weighted by molar-refractivity contribution is 7.22. The number of nitrogens with zero attached hydrogens (tertiary/aromatic N) is 2. The molecule has 0 saturated heterocycles. The minimum Gasteiger partial charge on any atom is -0.438 e. The zero-order valence-electron chi connectivity index (χ0n) is 13.5. The van der Waals surface area contributed by atoms with Crippen molar-refractivity contribution in [1.29, 1.82) is 5.26 Å². The second-order valence-corrected chi connectivity index (χ2v) is 7.00. The molecule has 7 nitrogen and oxygen atoms in total. The van der Waals surface area contributed by atoms with Crippen LogP contribution >= 0.6 is 22.9 Å². The summed E-state index contributed by atoms with van der Waals surface area (Å²) in [4.78, 5) is 19.9. The van der Waals surface area contributed by atoms with Crippen LogP contribution in [0.3, 0.4) is 0 Å². The first-order chi connectivity index (χ1) is 12.5. The van der Waals surface area contributed by atoms with Gasteiger partial charge >= 0.3 is 0 Å². The van der Waals surface area contributed by atoms with Crippen molar-refractivity contribution in [2.45, 2.75) is 5.92 Å². The smallest absolute Gasteiger partial charge is 0.257 e. The molecule has 1 aromatic carbocycles. The Morgan fingerprint density at radius 3 is 2.92 bits per heavy atom. The number of H-pyrrole nitrogens is 1. The number of fused-ring (bicyclic) bond motifs is 3. The molecular weight excluding hydrogens is 374 g/mol. The summed E-state index contributed by atoms with van der Waals surface area (Å²) in [6.45, 7) is 0. The molecule has 3 heterocycles. The molecule has 26 heavy (non-hydrogen) atoms. The minimum absolute atomic E-state index is 0.0452. The Balaban J connectivity index is 2.09. The van der Waals surface area contributed by atoms with Crippen molar-refractivity contribution in [3.8, 4) is 11.8 Å². The van der Waals surface area contributed by atoms with Crippen LogP contribution in [0.1, 0.15) is 17.0 Å². The lowest BCUT2D eigenvalue weighted by Crippen LogP contribution is -2.27. The van der Waals surface area contributed by atoms with Gasteiger partial charge in [0.15, 0.2) is 16.5 Å².